The Hall–Kier alpha value is -1.16. The lowest BCUT2D eigenvalue weighted by atomic mass is 9.80. The molecular weight excluding hydrogens is 176 g/mol. The van der Waals surface area contributed by atoms with Gasteiger partial charge in [-0.1, -0.05) is 0 Å². The minimum absolute atomic E-state index is 0.554. The molecule has 0 aliphatic heterocycles. The van der Waals surface area contributed by atoms with E-state index in [2.05, 4.69) is 15.3 Å². The molecule has 4 nitrogen and oxygen atoms in total. The molecule has 14 heavy (non-hydrogen) atoms. The van der Waals surface area contributed by atoms with Crippen molar-refractivity contribution in [1.29, 1.82) is 0 Å². The van der Waals surface area contributed by atoms with Crippen molar-refractivity contribution in [2.24, 2.45) is 11.7 Å². The molecular formula is C10H16N4. The quantitative estimate of drug-likeness (QED) is 0.748. The summed E-state index contributed by atoms with van der Waals surface area (Å²) < 4.78 is 0. The molecule has 4 heteroatoms. The SMILES string of the molecule is Cc1nccc(NC2CC(CN)C2)n1. The number of anilines is 1. The molecule has 0 radical (unpaired) electrons. The number of nitrogens with two attached hydrogens (primary N) is 1. The second kappa shape index (κ2) is 3.92. The minimum atomic E-state index is 0.554. The fraction of sp³-hybridized carbons (Fsp3) is 0.600. The largest absolute Gasteiger partial charge is 0.367 e. The predicted octanol–water partition coefficient (Wildman–Crippen LogP) is 0.934. The number of hydrogen-bond donors (Lipinski definition) is 2. The first kappa shape index (κ1) is 9.40. The third kappa shape index (κ3) is 2.01. The molecule has 76 valence electrons. The van der Waals surface area contributed by atoms with Crippen LogP contribution in [0.15, 0.2) is 12.3 Å². The van der Waals surface area contributed by atoms with Crippen LogP contribution >= 0.6 is 0 Å². The summed E-state index contributed by atoms with van der Waals surface area (Å²) in [6.45, 7) is 2.70. The fourth-order valence-electron chi connectivity index (χ4n) is 1.79. The summed E-state index contributed by atoms with van der Waals surface area (Å²) in [6, 6.07) is 2.46. The van der Waals surface area contributed by atoms with Gasteiger partial charge in [0.15, 0.2) is 0 Å². The number of aryl methyl sites for hydroxylation is 1. The van der Waals surface area contributed by atoms with Crippen LogP contribution in [0, 0.1) is 12.8 Å². The van der Waals surface area contributed by atoms with Crippen LogP contribution in [-0.2, 0) is 0 Å². The van der Waals surface area contributed by atoms with Gasteiger partial charge in [0.25, 0.3) is 0 Å². The molecule has 0 saturated heterocycles. The van der Waals surface area contributed by atoms with Crippen LogP contribution in [0.5, 0.6) is 0 Å². The maximum Gasteiger partial charge on any atom is 0.129 e. The Morgan fingerprint density at radius 3 is 3.00 bits per heavy atom. The Balaban J connectivity index is 1.87. The molecule has 0 unspecified atom stereocenters. The Kier molecular flexibility index (Phi) is 2.63. The van der Waals surface area contributed by atoms with Gasteiger partial charge in [0.2, 0.25) is 0 Å². The molecule has 0 spiro atoms. The maximum atomic E-state index is 5.56. The maximum absolute atomic E-state index is 5.56. The smallest absolute Gasteiger partial charge is 0.129 e. The van der Waals surface area contributed by atoms with E-state index in [-0.39, 0.29) is 0 Å². The van der Waals surface area contributed by atoms with E-state index in [1.807, 2.05) is 13.0 Å². The summed E-state index contributed by atoms with van der Waals surface area (Å²) in [5.41, 5.74) is 5.56. The van der Waals surface area contributed by atoms with E-state index in [0.29, 0.717) is 12.0 Å². The molecule has 1 aromatic heterocycles. The third-order valence-electron chi connectivity index (χ3n) is 2.70. The molecule has 1 heterocycles. The normalized spacial score (nSPS) is 25.6. The van der Waals surface area contributed by atoms with Crippen molar-refractivity contribution >= 4 is 5.82 Å². The second-order valence-electron chi connectivity index (χ2n) is 3.90. The lowest BCUT2D eigenvalue weighted by molar-refractivity contribution is 0.291. The molecule has 0 aromatic carbocycles. The molecule has 0 bridgehead atoms. The van der Waals surface area contributed by atoms with Crippen molar-refractivity contribution in [3.8, 4) is 0 Å². The fourth-order valence-corrected chi connectivity index (χ4v) is 1.79. The molecule has 1 aromatic rings. The van der Waals surface area contributed by atoms with Crippen LogP contribution < -0.4 is 11.1 Å². The number of hydrogen-bond acceptors (Lipinski definition) is 4. The van der Waals surface area contributed by atoms with Gasteiger partial charge in [-0.15, -0.1) is 0 Å². The van der Waals surface area contributed by atoms with Gasteiger partial charge in [0.1, 0.15) is 11.6 Å². The Morgan fingerprint density at radius 1 is 1.57 bits per heavy atom. The highest BCUT2D eigenvalue weighted by Gasteiger charge is 2.27. The Bertz CT molecular complexity index is 307. The topological polar surface area (TPSA) is 63.8 Å². The first-order valence-electron chi connectivity index (χ1n) is 5.04. The number of nitrogens with zero attached hydrogens (tertiary/aromatic N) is 2. The van der Waals surface area contributed by atoms with Gasteiger partial charge in [-0.2, -0.15) is 0 Å². The lowest BCUT2D eigenvalue weighted by Gasteiger charge is -2.35. The third-order valence-corrected chi connectivity index (χ3v) is 2.70. The molecule has 0 atom stereocenters. The van der Waals surface area contributed by atoms with E-state index in [1.165, 1.54) is 12.8 Å². The highest BCUT2D eigenvalue weighted by molar-refractivity contribution is 5.34. The standard InChI is InChI=1S/C10H16N4/c1-7-12-3-2-10(13-7)14-9-4-8(5-9)6-11/h2-3,8-9H,4-6,11H2,1H3,(H,12,13,14). The first-order chi connectivity index (χ1) is 6.78. The van der Waals surface area contributed by atoms with Crippen molar-refractivity contribution in [2.75, 3.05) is 11.9 Å². The summed E-state index contributed by atoms with van der Waals surface area (Å²) in [4.78, 5) is 8.34. The zero-order valence-electron chi connectivity index (χ0n) is 8.40. The molecule has 3 N–H and O–H groups in total. The number of nitrogens with one attached hydrogen (secondary N) is 1. The van der Waals surface area contributed by atoms with E-state index in [4.69, 9.17) is 5.73 Å². The average molecular weight is 192 g/mol. The van der Waals surface area contributed by atoms with E-state index in [0.717, 1.165) is 18.2 Å². The zero-order valence-corrected chi connectivity index (χ0v) is 8.40. The second-order valence-corrected chi connectivity index (χ2v) is 3.90. The highest BCUT2D eigenvalue weighted by Crippen LogP contribution is 2.28. The molecule has 1 saturated carbocycles. The Morgan fingerprint density at radius 2 is 2.36 bits per heavy atom. The van der Waals surface area contributed by atoms with E-state index < -0.39 is 0 Å². The average Bonchev–Trinajstić information content (AvgIpc) is 2.10. The van der Waals surface area contributed by atoms with Crippen molar-refractivity contribution in [1.82, 2.24) is 9.97 Å². The van der Waals surface area contributed by atoms with E-state index in [9.17, 15) is 0 Å². The number of rotatable bonds is 3. The van der Waals surface area contributed by atoms with Gasteiger partial charge in [0.05, 0.1) is 0 Å². The van der Waals surface area contributed by atoms with Crippen LogP contribution in [0.25, 0.3) is 0 Å². The molecule has 1 aliphatic carbocycles. The summed E-state index contributed by atoms with van der Waals surface area (Å²) in [5, 5.41) is 3.38. The predicted molar refractivity (Wildman–Crippen MR) is 56.0 cm³/mol. The highest BCUT2D eigenvalue weighted by atomic mass is 15.1. The van der Waals surface area contributed by atoms with Crippen LogP contribution in [0.3, 0.4) is 0 Å². The van der Waals surface area contributed by atoms with E-state index in [1.54, 1.807) is 6.20 Å². The minimum Gasteiger partial charge on any atom is -0.367 e. The van der Waals surface area contributed by atoms with Crippen molar-refractivity contribution in [3.63, 3.8) is 0 Å². The molecule has 2 rings (SSSR count). The van der Waals surface area contributed by atoms with Gasteiger partial charge in [0, 0.05) is 12.2 Å². The lowest BCUT2D eigenvalue weighted by Crippen LogP contribution is -2.39. The van der Waals surface area contributed by atoms with Crippen molar-refractivity contribution in [3.05, 3.63) is 18.1 Å². The Labute approximate surface area is 83.9 Å². The molecule has 0 amide bonds. The summed E-state index contributed by atoms with van der Waals surface area (Å²) >= 11 is 0. The van der Waals surface area contributed by atoms with Gasteiger partial charge >= 0.3 is 0 Å². The van der Waals surface area contributed by atoms with Crippen LogP contribution in [0.2, 0.25) is 0 Å². The van der Waals surface area contributed by atoms with Gasteiger partial charge in [-0.25, -0.2) is 9.97 Å². The molecule has 1 aliphatic rings. The van der Waals surface area contributed by atoms with Crippen LogP contribution in [-0.4, -0.2) is 22.6 Å². The van der Waals surface area contributed by atoms with Crippen LogP contribution in [0.1, 0.15) is 18.7 Å². The summed E-state index contributed by atoms with van der Waals surface area (Å²) in [5.74, 6) is 2.44. The van der Waals surface area contributed by atoms with Gasteiger partial charge in [-0.3, -0.25) is 0 Å². The molecule has 1 fully saturated rings. The zero-order chi connectivity index (χ0) is 9.97. The summed E-state index contributed by atoms with van der Waals surface area (Å²) in [7, 11) is 0. The summed E-state index contributed by atoms with van der Waals surface area (Å²) in [6.07, 6.45) is 4.11. The monoisotopic (exact) mass is 192 g/mol. The van der Waals surface area contributed by atoms with Crippen LogP contribution in [0.4, 0.5) is 5.82 Å². The van der Waals surface area contributed by atoms with E-state index >= 15 is 0 Å². The number of aromatic nitrogens is 2. The van der Waals surface area contributed by atoms with Crippen molar-refractivity contribution < 1.29 is 0 Å². The van der Waals surface area contributed by atoms with Crippen molar-refractivity contribution in [2.45, 2.75) is 25.8 Å². The van der Waals surface area contributed by atoms with Gasteiger partial charge in [-0.05, 0) is 38.3 Å². The first-order valence-corrected chi connectivity index (χ1v) is 5.04. The van der Waals surface area contributed by atoms with Gasteiger partial charge < -0.3 is 11.1 Å².